The summed E-state index contributed by atoms with van der Waals surface area (Å²) in [7, 11) is 0. The molecular formula is C11H15NO7. The molecule has 0 bridgehead atoms. The molecule has 0 aromatic rings. The molecule has 0 aromatic carbocycles. The molecule has 106 valence electrons. The van der Waals surface area contributed by atoms with Crippen molar-refractivity contribution in [1.82, 2.24) is 5.32 Å². The van der Waals surface area contributed by atoms with Gasteiger partial charge < -0.3 is 14.2 Å². The van der Waals surface area contributed by atoms with Gasteiger partial charge in [0.1, 0.15) is 0 Å². The van der Waals surface area contributed by atoms with Gasteiger partial charge in [-0.1, -0.05) is 13.8 Å². The average Bonchev–Trinajstić information content (AvgIpc) is 2.56. The molecule has 1 aliphatic heterocycles. The van der Waals surface area contributed by atoms with E-state index in [1.165, 1.54) is 6.92 Å². The SMILES string of the molecule is CC(OC(=O)OC1CC(=O)NC1=O)OC(=O)C(C)C. The lowest BCUT2D eigenvalue weighted by molar-refractivity contribution is -0.173. The van der Waals surface area contributed by atoms with Crippen LogP contribution in [0.1, 0.15) is 27.2 Å². The molecule has 0 saturated carbocycles. The van der Waals surface area contributed by atoms with Crippen LogP contribution in [0.3, 0.4) is 0 Å². The lowest BCUT2D eigenvalue weighted by atomic mass is 10.2. The highest BCUT2D eigenvalue weighted by atomic mass is 16.8. The molecule has 8 heteroatoms. The van der Waals surface area contributed by atoms with Crippen molar-refractivity contribution in [3.05, 3.63) is 0 Å². The van der Waals surface area contributed by atoms with E-state index in [1.807, 2.05) is 5.32 Å². The maximum atomic E-state index is 11.3. The first kappa shape index (κ1) is 14.9. The first-order valence-corrected chi connectivity index (χ1v) is 5.71. The molecule has 1 saturated heterocycles. The highest BCUT2D eigenvalue weighted by Crippen LogP contribution is 2.09. The van der Waals surface area contributed by atoms with Gasteiger partial charge in [-0.2, -0.15) is 0 Å². The predicted octanol–water partition coefficient (Wildman–Crippen LogP) is 0.0999. The zero-order valence-corrected chi connectivity index (χ0v) is 10.8. The van der Waals surface area contributed by atoms with Crippen molar-refractivity contribution in [3.63, 3.8) is 0 Å². The van der Waals surface area contributed by atoms with E-state index < -0.39 is 36.3 Å². The number of carbonyl (C=O) groups excluding carboxylic acids is 4. The van der Waals surface area contributed by atoms with Gasteiger partial charge in [-0.15, -0.1) is 0 Å². The van der Waals surface area contributed by atoms with E-state index >= 15 is 0 Å². The fraction of sp³-hybridized carbons (Fsp3) is 0.636. The van der Waals surface area contributed by atoms with Gasteiger partial charge in [-0.25, -0.2) is 4.79 Å². The normalized spacial score (nSPS) is 19.9. The van der Waals surface area contributed by atoms with E-state index in [0.29, 0.717) is 0 Å². The van der Waals surface area contributed by atoms with Crippen LogP contribution in [0, 0.1) is 5.92 Å². The Kier molecular flexibility index (Phi) is 4.85. The molecule has 1 rings (SSSR count). The maximum Gasteiger partial charge on any atom is 0.512 e. The van der Waals surface area contributed by atoms with Gasteiger partial charge in [-0.3, -0.25) is 19.7 Å². The first-order chi connectivity index (χ1) is 8.79. The number of hydrogen-bond donors (Lipinski definition) is 1. The highest BCUT2D eigenvalue weighted by molar-refractivity contribution is 6.05. The fourth-order valence-electron chi connectivity index (χ4n) is 1.23. The Labute approximate surface area is 109 Å². The van der Waals surface area contributed by atoms with Crippen LogP contribution in [-0.2, 0) is 28.6 Å². The topological polar surface area (TPSA) is 108 Å². The van der Waals surface area contributed by atoms with E-state index in [-0.39, 0.29) is 12.3 Å². The highest BCUT2D eigenvalue weighted by Gasteiger charge is 2.34. The molecule has 0 aliphatic carbocycles. The minimum Gasteiger partial charge on any atom is -0.425 e. The van der Waals surface area contributed by atoms with Crippen LogP contribution in [-0.4, -0.2) is 36.3 Å². The molecule has 19 heavy (non-hydrogen) atoms. The minimum atomic E-state index is -1.20. The Balaban J connectivity index is 2.37. The Morgan fingerprint density at radius 2 is 1.84 bits per heavy atom. The second-order valence-corrected chi connectivity index (χ2v) is 4.25. The molecule has 2 amide bonds. The third-order valence-corrected chi connectivity index (χ3v) is 2.18. The summed E-state index contributed by atoms with van der Waals surface area (Å²) in [6.07, 6.45) is -3.76. The molecule has 2 unspecified atom stereocenters. The van der Waals surface area contributed by atoms with Crippen LogP contribution in [0.15, 0.2) is 0 Å². The van der Waals surface area contributed by atoms with Gasteiger partial charge in [-0.05, 0) is 0 Å². The van der Waals surface area contributed by atoms with E-state index in [1.54, 1.807) is 13.8 Å². The van der Waals surface area contributed by atoms with Crippen LogP contribution in [0.2, 0.25) is 0 Å². The minimum absolute atomic E-state index is 0.242. The quantitative estimate of drug-likeness (QED) is 0.439. The third-order valence-electron chi connectivity index (χ3n) is 2.18. The third kappa shape index (κ3) is 4.57. The Hall–Kier alpha value is -2.12. The molecule has 2 atom stereocenters. The Morgan fingerprint density at radius 1 is 1.21 bits per heavy atom. The van der Waals surface area contributed by atoms with E-state index in [2.05, 4.69) is 9.47 Å². The molecule has 8 nitrogen and oxygen atoms in total. The van der Waals surface area contributed by atoms with Gasteiger partial charge in [0.25, 0.3) is 5.91 Å². The van der Waals surface area contributed by atoms with Gasteiger partial charge in [0.2, 0.25) is 12.2 Å². The number of carbonyl (C=O) groups is 4. The van der Waals surface area contributed by atoms with Crippen LogP contribution in [0.5, 0.6) is 0 Å². The second kappa shape index (κ2) is 6.17. The van der Waals surface area contributed by atoms with Gasteiger partial charge in [0.05, 0.1) is 12.3 Å². The molecule has 1 N–H and O–H groups in total. The van der Waals surface area contributed by atoms with Crippen molar-refractivity contribution in [1.29, 1.82) is 0 Å². The van der Waals surface area contributed by atoms with Crippen LogP contribution < -0.4 is 5.32 Å². The zero-order valence-electron chi connectivity index (χ0n) is 10.8. The smallest absolute Gasteiger partial charge is 0.425 e. The van der Waals surface area contributed by atoms with Crippen molar-refractivity contribution in [2.45, 2.75) is 39.6 Å². The number of amides is 2. The Bertz CT molecular complexity index is 404. The number of nitrogens with one attached hydrogen (secondary N) is 1. The number of esters is 1. The lowest BCUT2D eigenvalue weighted by Gasteiger charge is -2.16. The molecule has 0 spiro atoms. The summed E-state index contributed by atoms with van der Waals surface area (Å²) in [6, 6.07) is 0. The number of rotatable bonds is 4. The number of hydrogen-bond acceptors (Lipinski definition) is 7. The Morgan fingerprint density at radius 3 is 2.32 bits per heavy atom. The summed E-state index contributed by atoms with van der Waals surface area (Å²) in [4.78, 5) is 44.5. The number of imide groups is 1. The molecule has 1 fully saturated rings. The standard InChI is InChI=1S/C11H15NO7/c1-5(2)10(15)17-6(3)18-11(16)19-7-4-8(13)12-9(7)14/h5-7H,4H2,1-3H3,(H,12,13,14). The molecule has 0 aromatic heterocycles. The average molecular weight is 273 g/mol. The van der Waals surface area contributed by atoms with Crippen LogP contribution >= 0.6 is 0 Å². The van der Waals surface area contributed by atoms with Gasteiger partial charge >= 0.3 is 12.1 Å². The first-order valence-electron chi connectivity index (χ1n) is 5.71. The van der Waals surface area contributed by atoms with E-state index in [4.69, 9.17) is 4.74 Å². The second-order valence-electron chi connectivity index (χ2n) is 4.25. The van der Waals surface area contributed by atoms with Crippen molar-refractivity contribution in [2.24, 2.45) is 5.92 Å². The van der Waals surface area contributed by atoms with Crippen molar-refractivity contribution in [2.75, 3.05) is 0 Å². The van der Waals surface area contributed by atoms with E-state index in [0.717, 1.165) is 0 Å². The predicted molar refractivity (Wildman–Crippen MR) is 59.5 cm³/mol. The maximum absolute atomic E-state index is 11.3. The van der Waals surface area contributed by atoms with Crippen molar-refractivity contribution >= 4 is 23.9 Å². The van der Waals surface area contributed by atoms with Gasteiger partial charge in [0, 0.05) is 6.92 Å². The largest absolute Gasteiger partial charge is 0.512 e. The van der Waals surface area contributed by atoms with E-state index in [9.17, 15) is 19.2 Å². The molecule has 1 heterocycles. The van der Waals surface area contributed by atoms with Crippen LogP contribution in [0.4, 0.5) is 4.79 Å². The summed E-state index contributed by atoms with van der Waals surface area (Å²) in [5, 5.41) is 1.98. The summed E-state index contributed by atoms with van der Waals surface area (Å²) >= 11 is 0. The summed E-state index contributed by atoms with van der Waals surface area (Å²) in [5.74, 6) is -2.12. The lowest BCUT2D eigenvalue weighted by Crippen LogP contribution is -2.31. The summed E-state index contributed by atoms with van der Waals surface area (Å²) in [6.45, 7) is 4.59. The zero-order chi connectivity index (χ0) is 14.6. The molecular weight excluding hydrogens is 258 g/mol. The van der Waals surface area contributed by atoms with Gasteiger partial charge in [0.15, 0.2) is 6.10 Å². The molecule has 1 aliphatic rings. The number of ether oxygens (including phenoxy) is 3. The summed E-state index contributed by atoms with van der Waals surface area (Å²) in [5.41, 5.74) is 0. The van der Waals surface area contributed by atoms with Crippen molar-refractivity contribution in [3.8, 4) is 0 Å². The van der Waals surface area contributed by atoms with Crippen LogP contribution in [0.25, 0.3) is 0 Å². The van der Waals surface area contributed by atoms with Crippen molar-refractivity contribution < 1.29 is 33.4 Å². The monoisotopic (exact) mass is 273 g/mol. The molecule has 0 radical (unpaired) electrons. The fourth-order valence-corrected chi connectivity index (χ4v) is 1.23. The summed E-state index contributed by atoms with van der Waals surface area (Å²) < 4.78 is 14.0.